The van der Waals surface area contributed by atoms with Crippen LogP contribution in [0.15, 0.2) is 30.5 Å². The topological polar surface area (TPSA) is 187 Å². The van der Waals surface area contributed by atoms with Crippen LogP contribution in [-0.2, 0) is 30.4 Å². The van der Waals surface area contributed by atoms with Crippen molar-refractivity contribution in [2.24, 2.45) is 5.73 Å². The number of fused-ring (bicyclic) bond motifs is 1. The maximum Gasteiger partial charge on any atom is 0.326 e. The Kier molecular flexibility index (Phi) is 8.07. The summed E-state index contributed by atoms with van der Waals surface area (Å²) in [6.45, 7) is 1.01. The number of carboxylic acids is 1. The van der Waals surface area contributed by atoms with Crippen LogP contribution in [0.4, 0.5) is 0 Å². The summed E-state index contributed by atoms with van der Waals surface area (Å²) in [5.74, 6) is -3.63. The molecular formula is C25H32N6O6. The molecule has 2 aliphatic heterocycles. The Labute approximate surface area is 213 Å². The zero-order chi connectivity index (χ0) is 26.5. The van der Waals surface area contributed by atoms with E-state index in [2.05, 4.69) is 20.9 Å². The van der Waals surface area contributed by atoms with E-state index in [1.807, 2.05) is 24.3 Å². The molecule has 0 spiro atoms. The van der Waals surface area contributed by atoms with Gasteiger partial charge in [-0.2, -0.15) is 0 Å². The average Bonchev–Trinajstić information content (AvgIpc) is 3.63. The van der Waals surface area contributed by atoms with Crippen LogP contribution >= 0.6 is 0 Å². The number of likely N-dealkylation sites (tertiary alicyclic amines) is 1. The standard InChI is InChI=1S/C25H32N6O6/c26-21(32)12-19(25(36)37)30-23(34)20-8-4-10-31(20)24(35)18(29-22(33)17-7-3-9-27-17)11-14-13-28-16-6-2-1-5-15(14)16/h1-2,5-6,13,17-20,27-28H,3-4,7-12H2,(H2,26,32)(H,29,33)(H,30,34)(H,36,37). The minimum Gasteiger partial charge on any atom is -0.480 e. The maximum atomic E-state index is 13.8. The highest BCUT2D eigenvalue weighted by atomic mass is 16.4. The highest BCUT2D eigenvalue weighted by Crippen LogP contribution is 2.23. The number of primary amides is 1. The Morgan fingerprint density at radius 1 is 1.05 bits per heavy atom. The van der Waals surface area contributed by atoms with Gasteiger partial charge in [-0.3, -0.25) is 19.2 Å². The molecule has 2 saturated heterocycles. The summed E-state index contributed by atoms with van der Waals surface area (Å²) in [7, 11) is 0. The molecule has 0 aliphatic carbocycles. The van der Waals surface area contributed by atoms with Crippen LogP contribution in [0.2, 0.25) is 0 Å². The number of nitrogens with one attached hydrogen (secondary N) is 4. The molecule has 12 heteroatoms. The van der Waals surface area contributed by atoms with E-state index in [9.17, 15) is 29.1 Å². The normalized spacial score (nSPS) is 20.9. The van der Waals surface area contributed by atoms with Gasteiger partial charge in [-0.15, -0.1) is 0 Å². The summed E-state index contributed by atoms with van der Waals surface area (Å²) in [5.41, 5.74) is 6.86. The molecule has 0 saturated carbocycles. The molecule has 7 N–H and O–H groups in total. The number of hydrogen-bond acceptors (Lipinski definition) is 6. The summed E-state index contributed by atoms with van der Waals surface area (Å²) in [4.78, 5) is 67.0. The molecule has 4 atom stereocenters. The minimum atomic E-state index is -1.49. The van der Waals surface area contributed by atoms with Crippen molar-refractivity contribution in [3.8, 4) is 0 Å². The molecule has 3 heterocycles. The first-order valence-electron chi connectivity index (χ1n) is 12.5. The first-order chi connectivity index (χ1) is 17.7. The van der Waals surface area contributed by atoms with Crippen LogP contribution in [-0.4, -0.2) is 81.8 Å². The van der Waals surface area contributed by atoms with Crippen molar-refractivity contribution >= 4 is 40.5 Å². The maximum absolute atomic E-state index is 13.8. The zero-order valence-corrected chi connectivity index (χ0v) is 20.4. The van der Waals surface area contributed by atoms with E-state index in [-0.39, 0.29) is 24.9 Å². The van der Waals surface area contributed by atoms with E-state index >= 15 is 0 Å². The third-order valence-electron chi connectivity index (χ3n) is 6.95. The van der Waals surface area contributed by atoms with Crippen molar-refractivity contribution in [3.63, 3.8) is 0 Å². The van der Waals surface area contributed by atoms with E-state index in [1.54, 1.807) is 6.20 Å². The molecule has 1 aromatic carbocycles. The number of aliphatic carboxylic acids is 1. The number of carbonyl (C=O) groups is 5. The predicted molar refractivity (Wildman–Crippen MR) is 133 cm³/mol. The Morgan fingerprint density at radius 3 is 2.51 bits per heavy atom. The number of aromatic nitrogens is 1. The monoisotopic (exact) mass is 512 g/mol. The molecule has 1 aromatic heterocycles. The van der Waals surface area contributed by atoms with Gasteiger partial charge < -0.3 is 36.7 Å². The van der Waals surface area contributed by atoms with Crippen molar-refractivity contribution in [2.75, 3.05) is 13.1 Å². The van der Waals surface area contributed by atoms with Gasteiger partial charge in [0.2, 0.25) is 23.6 Å². The van der Waals surface area contributed by atoms with Gasteiger partial charge in [0.1, 0.15) is 18.1 Å². The predicted octanol–water partition coefficient (Wildman–Crippen LogP) is -0.617. The number of aromatic amines is 1. The fraction of sp³-hybridized carbons (Fsp3) is 0.480. The molecule has 0 radical (unpaired) electrons. The number of benzene rings is 1. The molecule has 4 rings (SSSR count). The summed E-state index contributed by atoms with van der Waals surface area (Å²) in [6.07, 6.45) is 3.86. The number of nitrogens with two attached hydrogens (primary N) is 1. The molecule has 2 fully saturated rings. The number of hydrogen-bond donors (Lipinski definition) is 6. The van der Waals surface area contributed by atoms with E-state index in [0.29, 0.717) is 19.3 Å². The molecular weight excluding hydrogens is 480 g/mol. The van der Waals surface area contributed by atoms with E-state index < -0.39 is 48.2 Å². The minimum absolute atomic E-state index is 0.214. The average molecular weight is 513 g/mol. The third kappa shape index (κ3) is 6.08. The number of amides is 4. The van der Waals surface area contributed by atoms with Gasteiger partial charge in [0, 0.05) is 30.1 Å². The smallest absolute Gasteiger partial charge is 0.326 e. The van der Waals surface area contributed by atoms with Gasteiger partial charge in [0.15, 0.2) is 0 Å². The lowest BCUT2D eigenvalue weighted by Crippen LogP contribution is -2.57. The van der Waals surface area contributed by atoms with Gasteiger partial charge in [-0.05, 0) is 43.9 Å². The lowest BCUT2D eigenvalue weighted by atomic mass is 10.0. The third-order valence-corrected chi connectivity index (χ3v) is 6.95. The molecule has 4 amide bonds. The highest BCUT2D eigenvalue weighted by Gasteiger charge is 2.40. The van der Waals surface area contributed by atoms with Gasteiger partial charge in [0.05, 0.1) is 12.5 Å². The molecule has 2 aliphatic rings. The number of rotatable bonds is 10. The SMILES string of the molecule is NC(=O)CC(NC(=O)C1CCCN1C(=O)C(Cc1c[nH]c2ccccc12)NC(=O)C1CCCN1)C(=O)O. The fourth-order valence-electron chi connectivity index (χ4n) is 5.07. The van der Waals surface area contributed by atoms with Crippen molar-refractivity contribution in [1.29, 1.82) is 0 Å². The van der Waals surface area contributed by atoms with Crippen LogP contribution < -0.4 is 21.7 Å². The number of para-hydroxylation sites is 1. The summed E-state index contributed by atoms with van der Waals surface area (Å²) in [5, 5.41) is 18.6. The summed E-state index contributed by atoms with van der Waals surface area (Å²) in [6, 6.07) is 3.91. The van der Waals surface area contributed by atoms with Crippen molar-refractivity contribution < 1.29 is 29.1 Å². The van der Waals surface area contributed by atoms with Crippen LogP contribution in [0.25, 0.3) is 10.9 Å². The molecule has 198 valence electrons. The zero-order valence-electron chi connectivity index (χ0n) is 20.4. The van der Waals surface area contributed by atoms with Crippen LogP contribution in [0, 0.1) is 0 Å². The number of nitrogens with zero attached hydrogens (tertiary/aromatic N) is 1. The second-order valence-corrected chi connectivity index (χ2v) is 9.53. The number of carboxylic acid groups (broad SMARTS) is 1. The highest BCUT2D eigenvalue weighted by molar-refractivity contribution is 5.96. The van der Waals surface area contributed by atoms with Crippen LogP contribution in [0.5, 0.6) is 0 Å². The lowest BCUT2D eigenvalue weighted by Gasteiger charge is -2.30. The Hall–Kier alpha value is -3.93. The molecule has 0 bridgehead atoms. The molecule has 12 nitrogen and oxygen atoms in total. The van der Waals surface area contributed by atoms with Crippen molar-refractivity contribution in [2.45, 2.75) is 62.7 Å². The van der Waals surface area contributed by atoms with E-state index in [4.69, 9.17) is 5.73 Å². The van der Waals surface area contributed by atoms with Crippen LogP contribution in [0.1, 0.15) is 37.7 Å². The Morgan fingerprint density at radius 2 is 1.81 bits per heavy atom. The second kappa shape index (κ2) is 11.4. The van der Waals surface area contributed by atoms with Crippen molar-refractivity contribution in [1.82, 2.24) is 25.8 Å². The van der Waals surface area contributed by atoms with Gasteiger partial charge in [-0.25, -0.2) is 4.79 Å². The fourth-order valence-corrected chi connectivity index (χ4v) is 5.07. The van der Waals surface area contributed by atoms with Gasteiger partial charge in [-0.1, -0.05) is 18.2 Å². The first-order valence-corrected chi connectivity index (χ1v) is 12.5. The Bertz CT molecular complexity index is 1190. The molecule has 37 heavy (non-hydrogen) atoms. The van der Waals surface area contributed by atoms with E-state index in [0.717, 1.165) is 29.4 Å². The quantitative estimate of drug-likeness (QED) is 0.245. The van der Waals surface area contributed by atoms with Gasteiger partial charge >= 0.3 is 5.97 Å². The summed E-state index contributed by atoms with van der Waals surface area (Å²) < 4.78 is 0. The van der Waals surface area contributed by atoms with Crippen LogP contribution in [0.3, 0.4) is 0 Å². The van der Waals surface area contributed by atoms with Crippen molar-refractivity contribution in [3.05, 3.63) is 36.0 Å². The largest absolute Gasteiger partial charge is 0.480 e. The summed E-state index contributed by atoms with van der Waals surface area (Å²) >= 11 is 0. The first kappa shape index (κ1) is 26.1. The second-order valence-electron chi connectivity index (χ2n) is 9.53. The van der Waals surface area contributed by atoms with E-state index in [1.165, 1.54) is 4.90 Å². The number of H-pyrrole nitrogens is 1. The number of carbonyl (C=O) groups excluding carboxylic acids is 4. The molecule has 4 unspecified atom stereocenters. The lowest BCUT2D eigenvalue weighted by molar-refractivity contribution is -0.145. The van der Waals surface area contributed by atoms with Gasteiger partial charge in [0.25, 0.3) is 0 Å². The Balaban J connectivity index is 1.54. The molecule has 2 aromatic rings.